The van der Waals surface area contributed by atoms with Crippen molar-refractivity contribution in [3.05, 3.63) is 76.9 Å². The van der Waals surface area contributed by atoms with Crippen molar-refractivity contribution in [2.24, 2.45) is 0 Å². The number of aromatic amines is 1. The molecule has 0 aliphatic rings. The Bertz CT molecular complexity index is 845. The van der Waals surface area contributed by atoms with Crippen LogP contribution in [0.1, 0.15) is 29.3 Å². The molecule has 1 atom stereocenters. The highest BCUT2D eigenvalue weighted by Gasteiger charge is 2.17. The number of hydrogen-bond acceptors (Lipinski definition) is 2. The molecule has 0 bridgehead atoms. The molecule has 1 aromatic heterocycles. The highest BCUT2D eigenvalue weighted by atomic mass is 35.5. The Morgan fingerprint density at radius 3 is 2.76 bits per heavy atom. The molecule has 0 saturated carbocycles. The number of rotatable bonds is 6. The number of benzene rings is 2. The molecule has 0 aliphatic carbocycles. The lowest BCUT2D eigenvalue weighted by atomic mass is 10.0. The Morgan fingerprint density at radius 1 is 1.20 bits per heavy atom. The van der Waals surface area contributed by atoms with Gasteiger partial charge in [-0.1, -0.05) is 54.1 Å². The standard InChI is InChI=1S/C20H20ClN3O/c1-14(10-11-15-6-3-2-4-7-15)23-20(25)18-13-22-24-19(18)16-8-5-9-17(21)12-16/h2-9,12-14H,10-11H2,1H3,(H,22,24)(H,23,25)/t14-/m0/s1. The number of carbonyl (C=O) groups excluding carboxylic acids is 1. The zero-order valence-corrected chi connectivity index (χ0v) is 14.8. The fourth-order valence-corrected chi connectivity index (χ4v) is 2.91. The van der Waals surface area contributed by atoms with Gasteiger partial charge in [0.05, 0.1) is 17.5 Å². The molecule has 5 heteroatoms. The van der Waals surface area contributed by atoms with E-state index in [9.17, 15) is 4.79 Å². The van der Waals surface area contributed by atoms with Gasteiger partial charge in [-0.15, -0.1) is 0 Å². The van der Waals surface area contributed by atoms with Crippen molar-refractivity contribution in [2.45, 2.75) is 25.8 Å². The Hall–Kier alpha value is -2.59. The van der Waals surface area contributed by atoms with Gasteiger partial charge in [0.25, 0.3) is 5.91 Å². The van der Waals surface area contributed by atoms with Crippen LogP contribution in [0.3, 0.4) is 0 Å². The van der Waals surface area contributed by atoms with E-state index in [1.165, 1.54) is 5.56 Å². The summed E-state index contributed by atoms with van der Waals surface area (Å²) in [5.41, 5.74) is 3.31. The molecule has 4 nitrogen and oxygen atoms in total. The van der Waals surface area contributed by atoms with E-state index in [1.807, 2.05) is 43.3 Å². The summed E-state index contributed by atoms with van der Waals surface area (Å²) < 4.78 is 0. The van der Waals surface area contributed by atoms with Crippen LogP contribution in [-0.4, -0.2) is 22.1 Å². The molecule has 128 valence electrons. The summed E-state index contributed by atoms with van der Waals surface area (Å²) in [7, 11) is 0. The van der Waals surface area contributed by atoms with Crippen molar-refractivity contribution >= 4 is 17.5 Å². The molecule has 1 amide bonds. The fourth-order valence-electron chi connectivity index (χ4n) is 2.72. The van der Waals surface area contributed by atoms with Crippen LogP contribution in [0.2, 0.25) is 5.02 Å². The molecular formula is C20H20ClN3O. The molecule has 0 aliphatic heterocycles. The molecule has 2 aromatic carbocycles. The first kappa shape index (κ1) is 17.2. The van der Waals surface area contributed by atoms with Crippen molar-refractivity contribution in [1.29, 1.82) is 0 Å². The summed E-state index contributed by atoms with van der Waals surface area (Å²) in [6.45, 7) is 2.01. The molecule has 2 N–H and O–H groups in total. The summed E-state index contributed by atoms with van der Waals surface area (Å²) in [6.07, 6.45) is 3.35. The van der Waals surface area contributed by atoms with E-state index in [4.69, 9.17) is 11.6 Å². The number of amides is 1. The van der Waals surface area contributed by atoms with Crippen LogP contribution < -0.4 is 5.32 Å². The minimum absolute atomic E-state index is 0.0646. The van der Waals surface area contributed by atoms with Crippen LogP contribution in [0.15, 0.2) is 60.8 Å². The summed E-state index contributed by atoms with van der Waals surface area (Å²) in [6, 6.07) is 17.7. The van der Waals surface area contributed by atoms with Crippen molar-refractivity contribution in [3.63, 3.8) is 0 Å². The van der Waals surface area contributed by atoms with Gasteiger partial charge in [-0.25, -0.2) is 0 Å². The molecule has 1 heterocycles. The highest BCUT2D eigenvalue weighted by molar-refractivity contribution is 6.30. The molecule has 3 aromatic rings. The average Bonchev–Trinajstić information content (AvgIpc) is 3.11. The topological polar surface area (TPSA) is 57.8 Å². The quantitative estimate of drug-likeness (QED) is 0.686. The minimum Gasteiger partial charge on any atom is -0.349 e. The monoisotopic (exact) mass is 353 g/mol. The smallest absolute Gasteiger partial charge is 0.255 e. The van der Waals surface area contributed by atoms with Crippen molar-refractivity contribution in [3.8, 4) is 11.3 Å². The predicted octanol–water partition coefficient (Wildman–Crippen LogP) is 4.48. The Balaban J connectivity index is 1.65. The summed E-state index contributed by atoms with van der Waals surface area (Å²) in [4.78, 5) is 12.6. The normalized spacial score (nSPS) is 11.9. The van der Waals surface area contributed by atoms with Gasteiger partial charge in [0.2, 0.25) is 0 Å². The average molecular weight is 354 g/mol. The third-order valence-electron chi connectivity index (χ3n) is 4.08. The van der Waals surface area contributed by atoms with E-state index in [-0.39, 0.29) is 11.9 Å². The van der Waals surface area contributed by atoms with Gasteiger partial charge in [-0.05, 0) is 37.5 Å². The van der Waals surface area contributed by atoms with Gasteiger partial charge in [-0.2, -0.15) is 5.10 Å². The van der Waals surface area contributed by atoms with Crippen LogP contribution in [0.4, 0.5) is 0 Å². The highest BCUT2D eigenvalue weighted by Crippen LogP contribution is 2.24. The third kappa shape index (κ3) is 4.48. The maximum Gasteiger partial charge on any atom is 0.255 e. The lowest BCUT2D eigenvalue weighted by Crippen LogP contribution is -2.33. The van der Waals surface area contributed by atoms with Gasteiger partial charge in [0.15, 0.2) is 0 Å². The van der Waals surface area contributed by atoms with E-state index < -0.39 is 0 Å². The Morgan fingerprint density at radius 2 is 2.00 bits per heavy atom. The summed E-state index contributed by atoms with van der Waals surface area (Å²) in [5.74, 6) is -0.135. The van der Waals surface area contributed by atoms with Gasteiger partial charge in [-0.3, -0.25) is 9.89 Å². The van der Waals surface area contributed by atoms with Gasteiger partial charge in [0, 0.05) is 16.6 Å². The fraction of sp³-hybridized carbons (Fsp3) is 0.200. The first-order valence-electron chi connectivity index (χ1n) is 8.27. The summed E-state index contributed by atoms with van der Waals surface area (Å²) in [5, 5.41) is 10.6. The molecule has 0 unspecified atom stereocenters. The number of nitrogens with one attached hydrogen (secondary N) is 2. The Kier molecular flexibility index (Phi) is 5.51. The number of carbonyl (C=O) groups is 1. The second kappa shape index (κ2) is 7.99. The number of aromatic nitrogens is 2. The van der Waals surface area contributed by atoms with E-state index >= 15 is 0 Å². The predicted molar refractivity (Wildman–Crippen MR) is 101 cm³/mol. The van der Waals surface area contributed by atoms with Crippen LogP contribution in [-0.2, 0) is 6.42 Å². The second-order valence-corrected chi connectivity index (χ2v) is 6.50. The Labute approximate surface area is 152 Å². The van der Waals surface area contributed by atoms with Crippen LogP contribution >= 0.6 is 11.6 Å². The second-order valence-electron chi connectivity index (χ2n) is 6.07. The molecule has 3 rings (SSSR count). The zero-order chi connectivity index (χ0) is 17.6. The van der Waals surface area contributed by atoms with E-state index in [1.54, 1.807) is 12.3 Å². The molecule has 0 spiro atoms. The van der Waals surface area contributed by atoms with Gasteiger partial charge >= 0.3 is 0 Å². The number of aryl methyl sites for hydroxylation is 1. The number of H-pyrrole nitrogens is 1. The summed E-state index contributed by atoms with van der Waals surface area (Å²) >= 11 is 6.04. The largest absolute Gasteiger partial charge is 0.349 e. The molecule has 0 fully saturated rings. The SMILES string of the molecule is C[C@@H](CCc1ccccc1)NC(=O)c1cn[nH]c1-c1cccc(Cl)c1. The van der Waals surface area contributed by atoms with Gasteiger partial charge < -0.3 is 5.32 Å². The maximum atomic E-state index is 12.6. The van der Waals surface area contributed by atoms with Crippen LogP contribution in [0, 0.1) is 0 Å². The van der Waals surface area contributed by atoms with E-state index in [2.05, 4.69) is 27.6 Å². The molecule has 0 saturated heterocycles. The van der Waals surface area contributed by atoms with Crippen molar-refractivity contribution in [2.75, 3.05) is 0 Å². The molecular weight excluding hydrogens is 334 g/mol. The van der Waals surface area contributed by atoms with Crippen LogP contribution in [0.25, 0.3) is 11.3 Å². The zero-order valence-electron chi connectivity index (χ0n) is 14.0. The maximum absolute atomic E-state index is 12.6. The minimum atomic E-state index is -0.135. The van der Waals surface area contributed by atoms with Crippen LogP contribution in [0.5, 0.6) is 0 Å². The molecule has 0 radical (unpaired) electrons. The lowest BCUT2D eigenvalue weighted by Gasteiger charge is -2.14. The third-order valence-corrected chi connectivity index (χ3v) is 4.32. The number of nitrogens with zero attached hydrogens (tertiary/aromatic N) is 1. The van der Waals surface area contributed by atoms with E-state index in [0.29, 0.717) is 16.3 Å². The first-order chi connectivity index (χ1) is 12.1. The first-order valence-corrected chi connectivity index (χ1v) is 8.65. The van der Waals surface area contributed by atoms with Crippen molar-refractivity contribution in [1.82, 2.24) is 15.5 Å². The number of hydrogen-bond donors (Lipinski definition) is 2. The lowest BCUT2D eigenvalue weighted by molar-refractivity contribution is 0.0939. The molecule has 25 heavy (non-hydrogen) atoms. The number of halogens is 1. The van der Waals surface area contributed by atoms with Gasteiger partial charge in [0.1, 0.15) is 0 Å². The van der Waals surface area contributed by atoms with E-state index in [0.717, 1.165) is 18.4 Å². The van der Waals surface area contributed by atoms with Crippen molar-refractivity contribution < 1.29 is 4.79 Å².